The van der Waals surface area contributed by atoms with Gasteiger partial charge in [-0.3, -0.25) is 4.68 Å². The van der Waals surface area contributed by atoms with Crippen LogP contribution in [-0.4, -0.2) is 25.4 Å². The fraction of sp³-hybridized carbons (Fsp3) is 0.429. The summed E-state index contributed by atoms with van der Waals surface area (Å²) in [7, 11) is 1.88. The highest BCUT2D eigenvalue weighted by Crippen LogP contribution is 2.26. The van der Waals surface area contributed by atoms with Gasteiger partial charge in [-0.15, -0.1) is 0 Å². The Morgan fingerprint density at radius 3 is 2.47 bits per heavy atom. The third kappa shape index (κ3) is 2.16. The van der Waals surface area contributed by atoms with Crippen molar-refractivity contribution in [3.63, 3.8) is 0 Å². The molecule has 0 saturated carbocycles. The minimum absolute atomic E-state index is 0.283. The van der Waals surface area contributed by atoms with Gasteiger partial charge in [0.2, 0.25) is 0 Å². The number of aromatic nitrogens is 3. The minimum Gasteiger partial charge on any atom is -0.478 e. The van der Waals surface area contributed by atoms with Crippen molar-refractivity contribution in [3.05, 3.63) is 34.9 Å². The minimum atomic E-state index is -0.894. The average molecular weight is 261 g/mol. The highest BCUT2D eigenvalue weighted by molar-refractivity contribution is 5.89. The summed E-state index contributed by atoms with van der Waals surface area (Å²) < 4.78 is 3.73. The van der Waals surface area contributed by atoms with Gasteiger partial charge in [0.15, 0.2) is 0 Å². The number of hydrogen-bond donors (Lipinski definition) is 1. The zero-order chi connectivity index (χ0) is 14.3. The zero-order valence-electron chi connectivity index (χ0n) is 11.9. The lowest BCUT2D eigenvalue weighted by atomic mass is 10.1. The van der Waals surface area contributed by atoms with E-state index in [9.17, 15) is 9.90 Å². The van der Waals surface area contributed by atoms with Crippen LogP contribution in [0, 0.1) is 13.8 Å². The fourth-order valence-corrected chi connectivity index (χ4v) is 2.43. The molecule has 0 aliphatic heterocycles. The predicted octanol–water partition coefficient (Wildman–Crippen LogP) is 2.65. The van der Waals surface area contributed by atoms with Gasteiger partial charge in [0.25, 0.3) is 0 Å². The number of carbonyl (C=O) groups is 1. The van der Waals surface area contributed by atoms with E-state index in [0.29, 0.717) is 5.56 Å². The molecule has 5 nitrogen and oxygen atoms in total. The monoisotopic (exact) mass is 261 g/mol. The number of hydrogen-bond acceptors (Lipinski definition) is 2. The van der Waals surface area contributed by atoms with Crippen molar-refractivity contribution in [3.8, 4) is 5.69 Å². The summed E-state index contributed by atoms with van der Waals surface area (Å²) in [6.45, 7) is 7.90. The molecule has 0 saturated heterocycles. The first-order valence-corrected chi connectivity index (χ1v) is 6.29. The second-order valence-corrected chi connectivity index (χ2v) is 5.15. The number of carboxylic acids is 1. The first-order valence-electron chi connectivity index (χ1n) is 6.29. The summed E-state index contributed by atoms with van der Waals surface area (Å²) >= 11 is 0. The van der Waals surface area contributed by atoms with Gasteiger partial charge in [-0.1, -0.05) is 13.8 Å². The van der Waals surface area contributed by atoms with Crippen molar-refractivity contribution in [2.24, 2.45) is 7.05 Å². The lowest BCUT2D eigenvalue weighted by molar-refractivity contribution is 0.0696. The van der Waals surface area contributed by atoms with E-state index in [2.05, 4.69) is 18.9 Å². The molecule has 0 radical (unpaired) electrons. The van der Waals surface area contributed by atoms with Crippen molar-refractivity contribution in [1.29, 1.82) is 0 Å². The third-order valence-corrected chi connectivity index (χ3v) is 3.29. The van der Waals surface area contributed by atoms with Crippen molar-refractivity contribution >= 4 is 5.97 Å². The van der Waals surface area contributed by atoms with E-state index in [1.165, 1.54) is 0 Å². The number of carboxylic acid groups (broad SMARTS) is 1. The van der Waals surface area contributed by atoms with Crippen LogP contribution in [0.5, 0.6) is 0 Å². The van der Waals surface area contributed by atoms with Gasteiger partial charge in [0.1, 0.15) is 0 Å². The molecule has 5 heteroatoms. The molecule has 2 aromatic heterocycles. The van der Waals surface area contributed by atoms with Crippen LogP contribution in [0.3, 0.4) is 0 Å². The molecule has 19 heavy (non-hydrogen) atoms. The first-order chi connectivity index (χ1) is 8.82. The zero-order valence-corrected chi connectivity index (χ0v) is 11.9. The number of aryl methyl sites for hydroxylation is 2. The topological polar surface area (TPSA) is 60.0 Å². The predicted molar refractivity (Wildman–Crippen MR) is 73.1 cm³/mol. The molecule has 102 valence electrons. The maximum atomic E-state index is 11.2. The maximum Gasteiger partial charge on any atom is 0.337 e. The Morgan fingerprint density at radius 1 is 1.37 bits per heavy atom. The van der Waals surface area contributed by atoms with E-state index in [4.69, 9.17) is 0 Å². The van der Waals surface area contributed by atoms with Crippen LogP contribution < -0.4 is 0 Å². The van der Waals surface area contributed by atoms with Gasteiger partial charge in [0.05, 0.1) is 16.9 Å². The number of nitrogens with zero attached hydrogens (tertiary/aromatic N) is 3. The second kappa shape index (κ2) is 4.57. The Hall–Kier alpha value is -2.04. The largest absolute Gasteiger partial charge is 0.478 e. The van der Waals surface area contributed by atoms with E-state index < -0.39 is 5.97 Å². The molecule has 2 heterocycles. The van der Waals surface area contributed by atoms with Crippen LogP contribution in [0.15, 0.2) is 12.3 Å². The van der Waals surface area contributed by atoms with Crippen LogP contribution in [0.25, 0.3) is 5.69 Å². The quantitative estimate of drug-likeness (QED) is 0.924. The molecule has 0 amide bonds. The normalized spacial score (nSPS) is 11.3. The Balaban J connectivity index is 2.69. The standard InChI is InChI=1S/C14H19N3O2/c1-8(2)13-12(7-16(5)15-13)17-9(3)6-11(10(17)4)14(18)19/h6-8H,1-5H3,(H,18,19). The summed E-state index contributed by atoms with van der Waals surface area (Å²) in [6, 6.07) is 1.70. The van der Waals surface area contributed by atoms with Crippen molar-refractivity contribution in [2.75, 3.05) is 0 Å². The van der Waals surface area contributed by atoms with E-state index in [1.54, 1.807) is 10.7 Å². The van der Waals surface area contributed by atoms with E-state index in [1.807, 2.05) is 31.7 Å². The second-order valence-electron chi connectivity index (χ2n) is 5.15. The molecule has 0 bridgehead atoms. The van der Waals surface area contributed by atoms with Crippen LogP contribution in [-0.2, 0) is 7.05 Å². The van der Waals surface area contributed by atoms with Crippen LogP contribution in [0.1, 0.15) is 47.2 Å². The van der Waals surface area contributed by atoms with Gasteiger partial charge >= 0.3 is 5.97 Å². The van der Waals surface area contributed by atoms with E-state index >= 15 is 0 Å². The van der Waals surface area contributed by atoms with Crippen molar-refractivity contribution in [2.45, 2.75) is 33.6 Å². The molecule has 1 N–H and O–H groups in total. The van der Waals surface area contributed by atoms with Gasteiger partial charge in [-0.05, 0) is 25.8 Å². The molecule has 0 aromatic carbocycles. The van der Waals surface area contributed by atoms with Crippen LogP contribution in [0.2, 0.25) is 0 Å². The van der Waals surface area contributed by atoms with Gasteiger partial charge in [-0.2, -0.15) is 5.10 Å². The molecule has 2 aromatic rings. The number of rotatable bonds is 3. The summed E-state index contributed by atoms with van der Waals surface area (Å²) in [5.74, 6) is -0.611. The third-order valence-electron chi connectivity index (χ3n) is 3.29. The fourth-order valence-electron chi connectivity index (χ4n) is 2.43. The Morgan fingerprint density at radius 2 is 2.00 bits per heavy atom. The lowest BCUT2D eigenvalue weighted by Crippen LogP contribution is -2.04. The Kier molecular flexibility index (Phi) is 3.22. The molecule has 2 rings (SSSR count). The summed E-state index contributed by atoms with van der Waals surface area (Å²) in [5.41, 5.74) is 3.92. The van der Waals surface area contributed by atoms with Crippen LogP contribution in [0.4, 0.5) is 0 Å². The molecular formula is C14H19N3O2. The maximum absolute atomic E-state index is 11.2. The first kappa shape index (κ1) is 13.4. The van der Waals surface area contributed by atoms with E-state index in [0.717, 1.165) is 22.8 Å². The highest BCUT2D eigenvalue weighted by atomic mass is 16.4. The molecule has 0 fully saturated rings. The smallest absolute Gasteiger partial charge is 0.337 e. The SMILES string of the molecule is Cc1cc(C(=O)O)c(C)n1-c1cn(C)nc1C(C)C. The molecular weight excluding hydrogens is 242 g/mol. The molecule has 0 aliphatic carbocycles. The summed E-state index contributed by atoms with van der Waals surface area (Å²) in [4.78, 5) is 11.2. The highest BCUT2D eigenvalue weighted by Gasteiger charge is 2.20. The lowest BCUT2D eigenvalue weighted by Gasteiger charge is -2.11. The molecule has 0 atom stereocenters. The van der Waals surface area contributed by atoms with Gasteiger partial charge in [0, 0.05) is 24.6 Å². The van der Waals surface area contributed by atoms with Gasteiger partial charge < -0.3 is 9.67 Å². The van der Waals surface area contributed by atoms with Gasteiger partial charge in [-0.25, -0.2) is 4.79 Å². The Labute approximate surface area is 112 Å². The molecule has 0 spiro atoms. The van der Waals surface area contributed by atoms with Crippen molar-refractivity contribution in [1.82, 2.24) is 14.3 Å². The molecule has 0 unspecified atom stereocenters. The summed E-state index contributed by atoms with van der Waals surface area (Å²) in [5, 5.41) is 13.7. The average Bonchev–Trinajstić information content (AvgIpc) is 2.79. The van der Waals surface area contributed by atoms with Crippen LogP contribution >= 0.6 is 0 Å². The molecule has 0 aliphatic rings. The Bertz CT molecular complexity index is 635. The summed E-state index contributed by atoms with van der Waals surface area (Å²) in [6.07, 6.45) is 1.93. The number of aromatic carboxylic acids is 1. The van der Waals surface area contributed by atoms with E-state index in [-0.39, 0.29) is 5.92 Å². The van der Waals surface area contributed by atoms with Crippen molar-refractivity contribution < 1.29 is 9.90 Å².